The van der Waals surface area contributed by atoms with Crippen molar-refractivity contribution in [3.8, 4) is 0 Å². The van der Waals surface area contributed by atoms with Gasteiger partial charge < -0.3 is 0 Å². The number of nitro groups is 4. The van der Waals surface area contributed by atoms with Crippen LogP contribution in [0.4, 0.5) is 0 Å². The van der Waals surface area contributed by atoms with Gasteiger partial charge in [-0.15, -0.1) is 0 Å². The summed E-state index contributed by atoms with van der Waals surface area (Å²) in [7, 11) is 0. The number of nitrogens with zero attached hydrogens (tertiary/aromatic N) is 4. The predicted molar refractivity (Wildman–Crippen MR) is 51.9 cm³/mol. The third-order valence-electron chi connectivity index (χ3n) is 3.15. The van der Waals surface area contributed by atoms with E-state index in [0.717, 1.165) is 0 Å². The van der Waals surface area contributed by atoms with Gasteiger partial charge in [-0.25, -0.2) is 0 Å². The van der Waals surface area contributed by atoms with Crippen LogP contribution < -0.4 is 0 Å². The fraction of sp³-hybridized carbons (Fsp3) is 1.00. The average molecular weight is 264 g/mol. The highest BCUT2D eigenvalue weighted by Crippen LogP contribution is 2.42. The normalized spacial score (nSPS) is 20.9. The van der Waals surface area contributed by atoms with E-state index in [-0.39, 0.29) is 12.8 Å². The monoisotopic (exact) mass is 264 g/mol. The lowest BCUT2D eigenvalue weighted by atomic mass is 9.79. The summed E-state index contributed by atoms with van der Waals surface area (Å²) < 4.78 is 0. The van der Waals surface area contributed by atoms with Crippen LogP contribution in [-0.4, -0.2) is 31.0 Å². The Balaban J connectivity index is 3.61. The lowest BCUT2D eigenvalue weighted by molar-refractivity contribution is -0.940. The Morgan fingerprint density at radius 2 is 0.833 bits per heavy atom. The Morgan fingerprint density at radius 3 is 1.00 bits per heavy atom. The zero-order chi connectivity index (χ0) is 14.1. The van der Waals surface area contributed by atoms with Crippen LogP contribution in [0, 0.1) is 40.5 Å². The molecule has 0 atom stereocenters. The van der Waals surface area contributed by atoms with E-state index in [1.165, 1.54) is 0 Å². The second kappa shape index (κ2) is 4.12. The molecule has 1 aliphatic carbocycles. The first-order valence-electron chi connectivity index (χ1n) is 4.81. The zero-order valence-corrected chi connectivity index (χ0v) is 8.88. The van der Waals surface area contributed by atoms with Crippen molar-refractivity contribution in [2.45, 2.75) is 37.0 Å². The van der Waals surface area contributed by atoms with Crippen molar-refractivity contribution in [3.05, 3.63) is 40.5 Å². The fourth-order valence-corrected chi connectivity index (χ4v) is 2.23. The van der Waals surface area contributed by atoms with Crippen molar-refractivity contribution in [1.82, 2.24) is 0 Å². The maximum atomic E-state index is 10.9. The topological polar surface area (TPSA) is 173 Å². The second-order valence-corrected chi connectivity index (χ2v) is 3.87. The summed E-state index contributed by atoms with van der Waals surface area (Å²) in [6, 6.07) is 0. The molecule has 12 heteroatoms. The molecule has 0 amide bonds. The van der Waals surface area contributed by atoms with Gasteiger partial charge in [-0.05, 0) is 12.8 Å². The van der Waals surface area contributed by atoms with Crippen molar-refractivity contribution in [2.24, 2.45) is 0 Å². The molecule has 18 heavy (non-hydrogen) atoms. The smallest absolute Gasteiger partial charge is 0.258 e. The summed E-state index contributed by atoms with van der Waals surface area (Å²) in [4.78, 5) is 37.5. The molecule has 12 nitrogen and oxygen atoms in total. The van der Waals surface area contributed by atoms with Gasteiger partial charge in [0.25, 0.3) is 0 Å². The Kier molecular flexibility index (Phi) is 3.13. The molecular formula is C6H8N4O8. The highest BCUT2D eigenvalue weighted by atomic mass is 16.7. The maximum absolute atomic E-state index is 10.9. The molecular weight excluding hydrogens is 256 g/mol. The zero-order valence-electron chi connectivity index (χ0n) is 8.88. The van der Waals surface area contributed by atoms with Crippen LogP contribution in [0.1, 0.15) is 25.7 Å². The van der Waals surface area contributed by atoms with E-state index in [0.29, 0.717) is 0 Å². The number of hydrogen-bond acceptors (Lipinski definition) is 8. The summed E-state index contributed by atoms with van der Waals surface area (Å²) >= 11 is 0. The van der Waals surface area contributed by atoms with E-state index >= 15 is 0 Å². The van der Waals surface area contributed by atoms with Crippen molar-refractivity contribution in [2.75, 3.05) is 0 Å². The summed E-state index contributed by atoms with van der Waals surface area (Å²) in [5.74, 6) is 0. The molecule has 0 radical (unpaired) electrons. The van der Waals surface area contributed by atoms with E-state index < -0.39 is 43.9 Å². The second-order valence-electron chi connectivity index (χ2n) is 3.87. The third kappa shape index (κ3) is 1.38. The van der Waals surface area contributed by atoms with E-state index in [1.807, 2.05) is 0 Å². The van der Waals surface area contributed by atoms with E-state index in [2.05, 4.69) is 0 Å². The summed E-state index contributed by atoms with van der Waals surface area (Å²) in [5.41, 5.74) is -6.84. The minimum absolute atomic E-state index is 0.0502. The Morgan fingerprint density at radius 1 is 0.611 bits per heavy atom. The molecule has 0 aliphatic heterocycles. The van der Waals surface area contributed by atoms with Gasteiger partial charge >= 0.3 is 11.3 Å². The molecule has 0 aromatic carbocycles. The number of rotatable bonds is 4. The van der Waals surface area contributed by atoms with Gasteiger partial charge in [-0.2, -0.15) is 0 Å². The fourth-order valence-electron chi connectivity index (χ4n) is 2.23. The first kappa shape index (κ1) is 13.7. The van der Waals surface area contributed by atoms with Crippen LogP contribution in [0.25, 0.3) is 0 Å². The Hall–Kier alpha value is -2.40. The molecule has 1 fully saturated rings. The highest BCUT2D eigenvalue weighted by molar-refractivity contribution is 4.89. The molecule has 0 saturated heterocycles. The van der Waals surface area contributed by atoms with E-state index in [4.69, 9.17) is 0 Å². The molecule has 1 saturated carbocycles. The van der Waals surface area contributed by atoms with Crippen LogP contribution in [0.15, 0.2) is 0 Å². The van der Waals surface area contributed by atoms with Crippen molar-refractivity contribution < 1.29 is 19.7 Å². The van der Waals surface area contributed by atoms with Gasteiger partial charge in [0.05, 0.1) is 0 Å². The Bertz CT molecular complexity index is 365. The summed E-state index contributed by atoms with van der Waals surface area (Å²) in [6.07, 6.45) is -1.78. The van der Waals surface area contributed by atoms with E-state index in [1.54, 1.807) is 0 Å². The van der Waals surface area contributed by atoms with Crippen molar-refractivity contribution in [3.63, 3.8) is 0 Å². The largest absolute Gasteiger partial charge is 0.593 e. The predicted octanol–water partition coefficient (Wildman–Crippen LogP) is 0.0598. The molecule has 1 rings (SSSR count). The van der Waals surface area contributed by atoms with Gasteiger partial charge in [-0.1, -0.05) is 0 Å². The Labute approximate surface area is 98.2 Å². The molecule has 0 heterocycles. The first-order chi connectivity index (χ1) is 8.23. The lowest BCUT2D eigenvalue weighted by Gasteiger charge is -2.27. The quantitative estimate of drug-likeness (QED) is 0.389. The molecule has 0 unspecified atom stereocenters. The number of hydrogen-bond donors (Lipinski definition) is 0. The first-order valence-corrected chi connectivity index (χ1v) is 4.81. The molecule has 0 spiro atoms. The maximum Gasteiger partial charge on any atom is 0.593 e. The lowest BCUT2D eigenvalue weighted by Crippen LogP contribution is -2.72. The molecule has 0 aromatic heterocycles. The minimum Gasteiger partial charge on any atom is -0.258 e. The van der Waals surface area contributed by atoms with Crippen LogP contribution in [-0.2, 0) is 0 Å². The van der Waals surface area contributed by atoms with Gasteiger partial charge in [0.2, 0.25) is 0 Å². The standard InChI is InChI=1S/C6H8N4O8/c11-7(12)5(8(13)14)3-1-2-4-6(5,9(15)16)10(17)18/h1-4H2. The molecule has 0 bridgehead atoms. The van der Waals surface area contributed by atoms with Gasteiger partial charge in [0.1, 0.15) is 32.5 Å². The molecule has 1 aliphatic rings. The molecule has 0 N–H and O–H groups in total. The van der Waals surface area contributed by atoms with Crippen LogP contribution >= 0.6 is 0 Å². The van der Waals surface area contributed by atoms with Gasteiger partial charge in [0, 0.05) is 0 Å². The highest BCUT2D eigenvalue weighted by Gasteiger charge is 2.91. The SMILES string of the molecule is O=[N+]([O-])C1([N+](=O)[O-])CCCCC1([N+](=O)[O-])[N+](=O)[O-]. The summed E-state index contributed by atoms with van der Waals surface area (Å²) in [6.45, 7) is 0. The van der Waals surface area contributed by atoms with Gasteiger partial charge in [0.15, 0.2) is 0 Å². The van der Waals surface area contributed by atoms with Crippen LogP contribution in [0.2, 0.25) is 0 Å². The molecule has 0 aromatic rings. The van der Waals surface area contributed by atoms with Crippen molar-refractivity contribution >= 4 is 0 Å². The summed E-state index contributed by atoms with van der Waals surface area (Å²) in [5, 5.41) is 43.6. The van der Waals surface area contributed by atoms with Crippen LogP contribution in [0.3, 0.4) is 0 Å². The third-order valence-corrected chi connectivity index (χ3v) is 3.15. The van der Waals surface area contributed by atoms with Crippen molar-refractivity contribution in [1.29, 1.82) is 0 Å². The molecule has 100 valence electrons. The minimum atomic E-state index is -3.42. The average Bonchev–Trinajstić information content (AvgIpc) is 2.27. The van der Waals surface area contributed by atoms with Crippen LogP contribution in [0.5, 0.6) is 0 Å². The van der Waals surface area contributed by atoms with E-state index in [9.17, 15) is 40.5 Å². The van der Waals surface area contributed by atoms with Gasteiger partial charge in [-0.3, -0.25) is 40.5 Å².